The average molecular weight is 366 g/mol. The van der Waals surface area contributed by atoms with Crippen molar-refractivity contribution >= 4 is 11.7 Å². The molecule has 1 amide bonds. The molecule has 1 fully saturated rings. The van der Waals surface area contributed by atoms with Gasteiger partial charge in [-0.1, -0.05) is 24.3 Å². The molecule has 0 radical (unpaired) electrons. The standard InChI is InChI=1S/C22H26N2O3/c1-17(25)20-8-10-21(11-9-20)27-16-22(26)23-14-18-4-6-19(7-5-18)15-24-12-2-3-13-24/h4-11H,2-3,12-16H2,1H3,(H,23,26). The quantitative estimate of drug-likeness (QED) is 0.729. The molecule has 0 bridgehead atoms. The van der Waals surface area contributed by atoms with Crippen molar-refractivity contribution < 1.29 is 14.3 Å². The summed E-state index contributed by atoms with van der Waals surface area (Å²) in [5.74, 6) is 0.402. The van der Waals surface area contributed by atoms with E-state index in [1.807, 2.05) is 0 Å². The molecule has 5 nitrogen and oxygen atoms in total. The molecule has 0 spiro atoms. The zero-order valence-corrected chi connectivity index (χ0v) is 15.7. The van der Waals surface area contributed by atoms with Gasteiger partial charge in [-0.15, -0.1) is 0 Å². The van der Waals surface area contributed by atoms with Gasteiger partial charge in [-0.3, -0.25) is 14.5 Å². The number of benzene rings is 2. The molecule has 0 unspecified atom stereocenters. The molecule has 0 atom stereocenters. The molecule has 2 aromatic carbocycles. The number of likely N-dealkylation sites (tertiary alicyclic amines) is 1. The third-order valence-corrected chi connectivity index (χ3v) is 4.75. The number of nitrogens with one attached hydrogen (secondary N) is 1. The van der Waals surface area contributed by atoms with Crippen LogP contribution < -0.4 is 10.1 Å². The van der Waals surface area contributed by atoms with E-state index in [2.05, 4.69) is 34.5 Å². The highest BCUT2D eigenvalue weighted by molar-refractivity contribution is 5.94. The Morgan fingerprint density at radius 3 is 2.22 bits per heavy atom. The number of carbonyl (C=O) groups is 2. The fourth-order valence-corrected chi connectivity index (χ4v) is 3.15. The van der Waals surface area contributed by atoms with Gasteiger partial charge in [0.15, 0.2) is 12.4 Å². The number of ether oxygens (including phenoxy) is 1. The molecule has 1 N–H and O–H groups in total. The van der Waals surface area contributed by atoms with Gasteiger partial charge in [0.05, 0.1) is 0 Å². The minimum Gasteiger partial charge on any atom is -0.484 e. The predicted octanol–water partition coefficient (Wildman–Crippen LogP) is 3.18. The molecule has 1 heterocycles. The van der Waals surface area contributed by atoms with Gasteiger partial charge in [-0.2, -0.15) is 0 Å². The van der Waals surface area contributed by atoms with Gasteiger partial charge in [0, 0.05) is 18.7 Å². The molecule has 2 aromatic rings. The molecule has 0 aliphatic carbocycles. The minimum absolute atomic E-state index is 0.00532. The Kier molecular flexibility index (Phi) is 6.60. The van der Waals surface area contributed by atoms with Crippen molar-refractivity contribution in [3.05, 3.63) is 65.2 Å². The van der Waals surface area contributed by atoms with E-state index in [0.29, 0.717) is 17.9 Å². The molecule has 142 valence electrons. The van der Waals surface area contributed by atoms with E-state index in [0.717, 1.165) is 12.1 Å². The van der Waals surface area contributed by atoms with Crippen LogP contribution in [0.2, 0.25) is 0 Å². The van der Waals surface area contributed by atoms with E-state index < -0.39 is 0 Å². The first-order valence-electron chi connectivity index (χ1n) is 9.41. The van der Waals surface area contributed by atoms with Crippen LogP contribution in [0.15, 0.2) is 48.5 Å². The molecule has 1 saturated heterocycles. The predicted molar refractivity (Wildman–Crippen MR) is 105 cm³/mol. The number of ketones is 1. The highest BCUT2D eigenvalue weighted by Crippen LogP contribution is 2.14. The summed E-state index contributed by atoms with van der Waals surface area (Å²) < 4.78 is 5.46. The zero-order valence-electron chi connectivity index (χ0n) is 15.7. The Labute approximate surface area is 160 Å². The van der Waals surface area contributed by atoms with Crippen LogP contribution in [0, 0.1) is 0 Å². The lowest BCUT2D eigenvalue weighted by Crippen LogP contribution is -2.28. The lowest BCUT2D eigenvalue weighted by molar-refractivity contribution is -0.123. The second-order valence-corrected chi connectivity index (χ2v) is 6.95. The molecule has 1 aliphatic heterocycles. The van der Waals surface area contributed by atoms with Crippen LogP contribution in [0.25, 0.3) is 0 Å². The summed E-state index contributed by atoms with van der Waals surface area (Å²) >= 11 is 0. The number of hydrogen-bond acceptors (Lipinski definition) is 4. The summed E-state index contributed by atoms with van der Waals surface area (Å²) in [5.41, 5.74) is 3.00. The van der Waals surface area contributed by atoms with Crippen LogP contribution in [0.4, 0.5) is 0 Å². The molecule has 0 aromatic heterocycles. The first kappa shape index (κ1) is 19.1. The Bertz CT molecular complexity index is 763. The number of Topliss-reactive ketones (excluding diaryl/α,β-unsaturated/α-hetero) is 1. The van der Waals surface area contributed by atoms with Crippen molar-refractivity contribution in [3.8, 4) is 5.75 Å². The van der Waals surface area contributed by atoms with Gasteiger partial charge < -0.3 is 10.1 Å². The van der Waals surface area contributed by atoms with E-state index in [9.17, 15) is 9.59 Å². The monoisotopic (exact) mass is 366 g/mol. The topological polar surface area (TPSA) is 58.6 Å². The van der Waals surface area contributed by atoms with Crippen LogP contribution >= 0.6 is 0 Å². The van der Waals surface area contributed by atoms with E-state index in [-0.39, 0.29) is 18.3 Å². The number of rotatable bonds is 8. The zero-order chi connectivity index (χ0) is 19.1. The smallest absolute Gasteiger partial charge is 0.258 e. The highest BCUT2D eigenvalue weighted by Gasteiger charge is 2.11. The third kappa shape index (κ3) is 5.93. The molecular formula is C22H26N2O3. The van der Waals surface area contributed by atoms with Crippen molar-refractivity contribution in [1.82, 2.24) is 10.2 Å². The maximum atomic E-state index is 12.0. The van der Waals surface area contributed by atoms with Crippen molar-refractivity contribution in [1.29, 1.82) is 0 Å². The fraction of sp³-hybridized carbons (Fsp3) is 0.364. The molecule has 0 saturated carbocycles. The average Bonchev–Trinajstić information content (AvgIpc) is 3.19. The Morgan fingerprint density at radius 2 is 1.59 bits per heavy atom. The Morgan fingerprint density at radius 1 is 0.963 bits per heavy atom. The third-order valence-electron chi connectivity index (χ3n) is 4.75. The first-order valence-corrected chi connectivity index (χ1v) is 9.41. The minimum atomic E-state index is -0.174. The van der Waals surface area contributed by atoms with E-state index in [1.165, 1.54) is 38.4 Å². The number of carbonyl (C=O) groups excluding carboxylic acids is 2. The van der Waals surface area contributed by atoms with Crippen molar-refractivity contribution in [2.24, 2.45) is 0 Å². The molecule has 1 aliphatic rings. The lowest BCUT2D eigenvalue weighted by atomic mass is 10.1. The SMILES string of the molecule is CC(=O)c1ccc(OCC(=O)NCc2ccc(CN3CCCC3)cc2)cc1. The summed E-state index contributed by atoms with van der Waals surface area (Å²) in [6, 6.07) is 15.2. The summed E-state index contributed by atoms with van der Waals surface area (Å²) in [6.45, 7) is 5.33. The summed E-state index contributed by atoms with van der Waals surface area (Å²) in [4.78, 5) is 25.7. The maximum absolute atomic E-state index is 12.0. The van der Waals surface area contributed by atoms with Crippen LogP contribution in [0.1, 0.15) is 41.3 Å². The van der Waals surface area contributed by atoms with Crippen molar-refractivity contribution in [3.63, 3.8) is 0 Å². The van der Waals surface area contributed by atoms with Crippen molar-refractivity contribution in [2.45, 2.75) is 32.9 Å². The molecule has 5 heteroatoms. The largest absolute Gasteiger partial charge is 0.484 e. The molecule has 3 rings (SSSR count). The number of amides is 1. The summed E-state index contributed by atoms with van der Waals surface area (Å²) in [7, 11) is 0. The van der Waals surface area contributed by atoms with Gasteiger partial charge in [0.1, 0.15) is 5.75 Å². The van der Waals surface area contributed by atoms with Crippen LogP contribution in [0.5, 0.6) is 5.75 Å². The van der Waals surface area contributed by atoms with Gasteiger partial charge >= 0.3 is 0 Å². The number of hydrogen-bond donors (Lipinski definition) is 1. The normalized spacial score (nSPS) is 14.1. The van der Waals surface area contributed by atoms with Crippen LogP contribution in [0.3, 0.4) is 0 Å². The second kappa shape index (κ2) is 9.33. The lowest BCUT2D eigenvalue weighted by Gasteiger charge is -2.14. The summed E-state index contributed by atoms with van der Waals surface area (Å²) in [5, 5.41) is 2.86. The Hall–Kier alpha value is -2.66. The van der Waals surface area contributed by atoms with Crippen LogP contribution in [-0.2, 0) is 17.9 Å². The Balaban J connectivity index is 1.40. The fourth-order valence-electron chi connectivity index (χ4n) is 3.15. The van der Waals surface area contributed by atoms with E-state index >= 15 is 0 Å². The van der Waals surface area contributed by atoms with Crippen LogP contribution in [-0.4, -0.2) is 36.3 Å². The number of nitrogens with zero attached hydrogens (tertiary/aromatic N) is 1. The molecular weight excluding hydrogens is 340 g/mol. The van der Waals surface area contributed by atoms with E-state index in [1.54, 1.807) is 24.3 Å². The van der Waals surface area contributed by atoms with Gasteiger partial charge in [-0.25, -0.2) is 0 Å². The second-order valence-electron chi connectivity index (χ2n) is 6.95. The van der Waals surface area contributed by atoms with E-state index in [4.69, 9.17) is 4.74 Å². The molecule has 27 heavy (non-hydrogen) atoms. The van der Waals surface area contributed by atoms with Crippen molar-refractivity contribution in [2.75, 3.05) is 19.7 Å². The highest BCUT2D eigenvalue weighted by atomic mass is 16.5. The van der Waals surface area contributed by atoms with Gasteiger partial charge in [-0.05, 0) is 68.2 Å². The maximum Gasteiger partial charge on any atom is 0.258 e. The first-order chi connectivity index (χ1) is 13.1. The summed E-state index contributed by atoms with van der Waals surface area (Å²) in [6.07, 6.45) is 2.60. The van der Waals surface area contributed by atoms with Gasteiger partial charge in [0.25, 0.3) is 5.91 Å². The van der Waals surface area contributed by atoms with Gasteiger partial charge in [0.2, 0.25) is 0 Å².